The van der Waals surface area contributed by atoms with Crippen molar-refractivity contribution in [2.45, 2.75) is 32.0 Å². The smallest absolute Gasteiger partial charge is 0.236 e. The molecule has 10 heteroatoms. The van der Waals surface area contributed by atoms with Gasteiger partial charge < -0.3 is 14.6 Å². The molecule has 1 unspecified atom stereocenters. The summed E-state index contributed by atoms with van der Waals surface area (Å²) in [5.74, 6) is 1.54. The monoisotopic (exact) mass is 513 g/mol. The number of nitrogens with one attached hydrogen (secondary N) is 1. The lowest BCUT2D eigenvalue weighted by Crippen LogP contribution is -2.14. The van der Waals surface area contributed by atoms with Gasteiger partial charge in [0.2, 0.25) is 5.91 Å². The fourth-order valence-corrected chi connectivity index (χ4v) is 4.85. The van der Waals surface area contributed by atoms with E-state index in [-0.39, 0.29) is 17.8 Å². The summed E-state index contributed by atoms with van der Waals surface area (Å²) < 4.78 is 7.99. The highest BCUT2D eigenvalue weighted by Gasteiger charge is 2.19. The van der Waals surface area contributed by atoms with Crippen LogP contribution >= 0.6 is 34.7 Å². The first kappa shape index (κ1) is 24.3. The summed E-state index contributed by atoms with van der Waals surface area (Å²) in [4.78, 5) is 17.0. The van der Waals surface area contributed by atoms with E-state index in [1.165, 1.54) is 28.7 Å². The molecule has 0 spiro atoms. The van der Waals surface area contributed by atoms with Gasteiger partial charge in [-0.15, -0.1) is 21.5 Å². The zero-order valence-corrected chi connectivity index (χ0v) is 21.6. The highest BCUT2D eigenvalue weighted by molar-refractivity contribution is 7.99. The van der Waals surface area contributed by atoms with Crippen LogP contribution < -0.4 is 10.1 Å². The van der Waals surface area contributed by atoms with Crippen LogP contribution in [0.25, 0.3) is 11.3 Å². The standard InChI is InChI=1S/C24H24ClN5O2S2/c1-14-6-5-7-20(15(14)2)32-16(3)22-28-29-24(30(22)4)34-13-21(31)27-23-26-19(12-33-23)17-8-10-18(25)11-9-17/h5-12,16H,13H2,1-4H3,(H,26,27,31). The van der Waals surface area contributed by atoms with Crippen LogP contribution in [0.15, 0.2) is 53.0 Å². The minimum atomic E-state index is -0.289. The molecule has 0 saturated heterocycles. The summed E-state index contributed by atoms with van der Waals surface area (Å²) in [5, 5.41) is 15.1. The van der Waals surface area contributed by atoms with Gasteiger partial charge in [0.15, 0.2) is 22.2 Å². The van der Waals surface area contributed by atoms with Crippen molar-refractivity contribution in [3.63, 3.8) is 0 Å². The number of hydrogen-bond donors (Lipinski definition) is 1. The van der Waals surface area contributed by atoms with Gasteiger partial charge in [-0.05, 0) is 50.1 Å². The van der Waals surface area contributed by atoms with Gasteiger partial charge in [0, 0.05) is 23.0 Å². The number of carbonyl (C=O) groups excluding carboxylic acids is 1. The maximum absolute atomic E-state index is 12.5. The van der Waals surface area contributed by atoms with Gasteiger partial charge in [0.25, 0.3) is 0 Å². The van der Waals surface area contributed by atoms with Gasteiger partial charge in [-0.3, -0.25) is 4.79 Å². The van der Waals surface area contributed by atoms with Crippen molar-refractivity contribution in [2.24, 2.45) is 7.05 Å². The van der Waals surface area contributed by atoms with Crippen LogP contribution in [-0.4, -0.2) is 31.4 Å². The average molecular weight is 514 g/mol. The summed E-state index contributed by atoms with van der Waals surface area (Å²) in [6.45, 7) is 6.03. The van der Waals surface area contributed by atoms with Crippen LogP contribution in [0.4, 0.5) is 5.13 Å². The Balaban J connectivity index is 1.34. The number of amides is 1. The van der Waals surface area contributed by atoms with Crippen LogP contribution in [-0.2, 0) is 11.8 Å². The molecule has 176 valence electrons. The number of halogens is 1. The van der Waals surface area contributed by atoms with Crippen LogP contribution in [0, 0.1) is 13.8 Å². The molecule has 1 N–H and O–H groups in total. The van der Waals surface area contributed by atoms with Crippen molar-refractivity contribution in [1.82, 2.24) is 19.7 Å². The third kappa shape index (κ3) is 5.60. The summed E-state index contributed by atoms with van der Waals surface area (Å²) in [6, 6.07) is 13.4. The minimum Gasteiger partial charge on any atom is -0.482 e. The van der Waals surface area contributed by atoms with Gasteiger partial charge >= 0.3 is 0 Å². The van der Waals surface area contributed by atoms with E-state index < -0.39 is 0 Å². The molecule has 0 bridgehead atoms. The third-order valence-corrected chi connectivity index (χ3v) is 7.34. The second-order valence-corrected chi connectivity index (χ2v) is 9.98. The van der Waals surface area contributed by atoms with Gasteiger partial charge in [-0.2, -0.15) is 0 Å². The fourth-order valence-electron chi connectivity index (χ4n) is 3.27. The molecule has 0 fully saturated rings. The Morgan fingerprint density at radius 3 is 2.74 bits per heavy atom. The van der Waals surface area contributed by atoms with Gasteiger partial charge in [0.05, 0.1) is 11.4 Å². The van der Waals surface area contributed by atoms with Crippen LogP contribution in [0.2, 0.25) is 5.02 Å². The molecule has 2 heterocycles. The second-order valence-electron chi connectivity index (χ2n) is 7.74. The molecule has 34 heavy (non-hydrogen) atoms. The number of thioether (sulfide) groups is 1. The van der Waals surface area contributed by atoms with Gasteiger partial charge in [0.1, 0.15) is 5.75 Å². The fraction of sp³-hybridized carbons (Fsp3) is 0.250. The average Bonchev–Trinajstić information content (AvgIpc) is 3.42. The van der Waals surface area contributed by atoms with Crippen molar-refractivity contribution in [3.05, 3.63) is 69.8 Å². The van der Waals surface area contributed by atoms with Crippen molar-refractivity contribution in [2.75, 3.05) is 11.1 Å². The summed E-state index contributed by atoms with van der Waals surface area (Å²) in [5.41, 5.74) is 4.01. The highest BCUT2D eigenvalue weighted by Crippen LogP contribution is 2.28. The van der Waals surface area contributed by atoms with E-state index in [4.69, 9.17) is 16.3 Å². The van der Waals surface area contributed by atoms with Crippen molar-refractivity contribution in [3.8, 4) is 17.0 Å². The maximum Gasteiger partial charge on any atom is 0.236 e. The molecule has 4 rings (SSSR count). The molecule has 1 amide bonds. The first-order chi connectivity index (χ1) is 16.3. The molecule has 0 aliphatic rings. The molecule has 2 aromatic heterocycles. The molecule has 0 radical (unpaired) electrons. The predicted octanol–water partition coefficient (Wildman–Crippen LogP) is 6.08. The van der Waals surface area contributed by atoms with E-state index in [0.717, 1.165) is 22.6 Å². The zero-order valence-electron chi connectivity index (χ0n) is 19.2. The van der Waals surface area contributed by atoms with Crippen molar-refractivity contribution < 1.29 is 9.53 Å². The van der Waals surface area contributed by atoms with Crippen LogP contribution in [0.5, 0.6) is 5.75 Å². The van der Waals surface area contributed by atoms with Gasteiger partial charge in [-0.25, -0.2) is 4.98 Å². The number of aryl methyl sites for hydroxylation is 1. The number of hydrogen-bond acceptors (Lipinski definition) is 7. The maximum atomic E-state index is 12.5. The van der Waals surface area contributed by atoms with Crippen molar-refractivity contribution in [1.29, 1.82) is 0 Å². The second kappa shape index (κ2) is 10.6. The lowest BCUT2D eigenvalue weighted by Gasteiger charge is -2.16. The number of rotatable bonds is 8. The molecule has 4 aromatic rings. The highest BCUT2D eigenvalue weighted by atomic mass is 35.5. The molecule has 0 aliphatic carbocycles. The Kier molecular flexibility index (Phi) is 7.55. The number of aromatic nitrogens is 4. The number of thiazole rings is 1. The van der Waals surface area contributed by atoms with Crippen LogP contribution in [0.1, 0.15) is 30.0 Å². The minimum absolute atomic E-state index is 0.161. The molecule has 0 saturated carbocycles. The Morgan fingerprint density at radius 2 is 1.97 bits per heavy atom. The number of anilines is 1. The van der Waals surface area contributed by atoms with E-state index in [2.05, 4.69) is 33.5 Å². The molecular formula is C24H24ClN5O2S2. The lowest BCUT2D eigenvalue weighted by molar-refractivity contribution is -0.113. The number of benzene rings is 2. The molecule has 7 nitrogen and oxygen atoms in total. The largest absolute Gasteiger partial charge is 0.482 e. The number of ether oxygens (including phenoxy) is 1. The Bertz CT molecular complexity index is 1300. The van der Waals surface area contributed by atoms with E-state index in [0.29, 0.717) is 21.1 Å². The third-order valence-electron chi connectivity index (χ3n) is 5.31. The SMILES string of the molecule is Cc1cccc(OC(C)c2nnc(SCC(=O)Nc3nc(-c4ccc(Cl)cc4)cs3)n2C)c1C. The van der Waals surface area contributed by atoms with Crippen LogP contribution in [0.3, 0.4) is 0 Å². The Hall–Kier alpha value is -2.88. The van der Waals surface area contributed by atoms with E-state index in [1.54, 1.807) is 0 Å². The molecule has 0 aliphatic heterocycles. The summed E-state index contributed by atoms with van der Waals surface area (Å²) >= 11 is 8.63. The summed E-state index contributed by atoms with van der Waals surface area (Å²) in [6.07, 6.45) is -0.289. The Morgan fingerprint density at radius 1 is 1.21 bits per heavy atom. The zero-order chi connectivity index (χ0) is 24.2. The molecule has 1 atom stereocenters. The predicted molar refractivity (Wildman–Crippen MR) is 138 cm³/mol. The molecular weight excluding hydrogens is 490 g/mol. The first-order valence-corrected chi connectivity index (χ1v) is 12.8. The number of nitrogens with zero attached hydrogens (tertiary/aromatic N) is 4. The lowest BCUT2D eigenvalue weighted by atomic mass is 10.1. The van der Waals surface area contributed by atoms with E-state index in [1.807, 2.05) is 67.2 Å². The van der Waals surface area contributed by atoms with Gasteiger partial charge in [-0.1, -0.05) is 47.6 Å². The quantitative estimate of drug-likeness (QED) is 0.287. The Labute approximate surface area is 211 Å². The molecule has 2 aromatic carbocycles. The normalized spacial score (nSPS) is 11.9. The van der Waals surface area contributed by atoms with Crippen molar-refractivity contribution >= 4 is 45.7 Å². The first-order valence-electron chi connectivity index (χ1n) is 10.6. The van der Waals surface area contributed by atoms with E-state index >= 15 is 0 Å². The van der Waals surface area contributed by atoms with E-state index in [9.17, 15) is 4.79 Å². The summed E-state index contributed by atoms with van der Waals surface area (Å²) in [7, 11) is 1.87. The topological polar surface area (TPSA) is 81.9 Å². The number of carbonyl (C=O) groups is 1.